The van der Waals surface area contributed by atoms with Crippen molar-refractivity contribution in [3.8, 4) is 5.75 Å². The molecular weight excluding hydrogens is 471 g/mol. The molecule has 0 aromatic heterocycles. The second-order valence-corrected chi connectivity index (χ2v) is 7.60. The molecule has 0 atom stereocenters. The third-order valence-corrected chi connectivity index (χ3v) is 5.24. The predicted octanol–water partition coefficient (Wildman–Crippen LogP) is 4.14. The van der Waals surface area contributed by atoms with Gasteiger partial charge in [0.2, 0.25) is 0 Å². The lowest BCUT2D eigenvalue weighted by Crippen LogP contribution is -2.27. The Hall–Kier alpha value is -2.40. The Morgan fingerprint density at radius 1 is 1.23 bits per heavy atom. The van der Waals surface area contributed by atoms with Crippen LogP contribution in [0.15, 0.2) is 47.4 Å². The monoisotopic (exact) mass is 482 g/mol. The molecule has 2 amide bonds. The number of carbonyl (C=O) groups excluding carboxylic acids is 2. The molecule has 0 unspecified atom stereocenters. The highest BCUT2D eigenvalue weighted by Gasteiger charge is 2.36. The van der Waals surface area contributed by atoms with Crippen LogP contribution in [0.3, 0.4) is 0 Å². The second-order valence-electron chi connectivity index (χ2n) is 5.36. The van der Waals surface area contributed by atoms with Crippen molar-refractivity contribution in [1.82, 2.24) is 4.90 Å². The van der Waals surface area contributed by atoms with E-state index in [4.69, 9.17) is 0 Å². The van der Waals surface area contributed by atoms with Gasteiger partial charge in [-0.25, -0.2) is 0 Å². The van der Waals surface area contributed by atoms with Gasteiger partial charge in [0.1, 0.15) is 5.75 Å². The number of nitro benzene ring substituents is 1. The number of phenols is 1. The summed E-state index contributed by atoms with van der Waals surface area (Å²) in [4.78, 5) is 36.5. The maximum atomic E-state index is 12.6. The fourth-order valence-electron chi connectivity index (χ4n) is 2.41. The molecule has 26 heavy (non-hydrogen) atoms. The molecule has 1 heterocycles. The maximum Gasteiger partial charge on any atom is 0.293 e. The fraction of sp³-hybridized carbons (Fsp3) is 0.0588. The number of nitrogens with zero attached hydrogens (tertiary/aromatic N) is 2. The Morgan fingerprint density at radius 3 is 2.69 bits per heavy atom. The van der Waals surface area contributed by atoms with E-state index in [0.29, 0.717) is 5.56 Å². The first-order valence-electron chi connectivity index (χ1n) is 7.33. The van der Waals surface area contributed by atoms with Gasteiger partial charge in [0.25, 0.3) is 16.8 Å². The van der Waals surface area contributed by atoms with Gasteiger partial charge in [-0.1, -0.05) is 18.2 Å². The number of hydrogen-bond donors (Lipinski definition) is 1. The normalized spacial score (nSPS) is 15.7. The highest BCUT2D eigenvalue weighted by Crippen LogP contribution is 2.35. The molecule has 0 bridgehead atoms. The van der Waals surface area contributed by atoms with Crippen molar-refractivity contribution < 1.29 is 19.6 Å². The van der Waals surface area contributed by atoms with Crippen LogP contribution in [-0.2, 0) is 11.3 Å². The molecule has 2 aromatic rings. The van der Waals surface area contributed by atoms with Crippen LogP contribution in [0.25, 0.3) is 6.08 Å². The van der Waals surface area contributed by atoms with Gasteiger partial charge < -0.3 is 5.11 Å². The Morgan fingerprint density at radius 2 is 1.96 bits per heavy atom. The van der Waals surface area contributed by atoms with Crippen LogP contribution in [0.1, 0.15) is 11.1 Å². The standard InChI is InChI=1S/C17H11IN2O5S/c18-12-5-6-14(21)11(7-12)8-15-16(22)19(17(23)26-15)9-10-3-1-2-4-13(10)20(24)25/h1-8,21H,9H2/b15-8-. The molecule has 1 saturated heterocycles. The van der Waals surface area contributed by atoms with Gasteiger partial charge in [0.05, 0.1) is 16.4 Å². The number of amides is 2. The minimum Gasteiger partial charge on any atom is -0.507 e. The van der Waals surface area contributed by atoms with Crippen molar-refractivity contribution >= 4 is 57.3 Å². The van der Waals surface area contributed by atoms with Crippen molar-refractivity contribution in [1.29, 1.82) is 0 Å². The van der Waals surface area contributed by atoms with E-state index in [2.05, 4.69) is 22.6 Å². The van der Waals surface area contributed by atoms with Crippen LogP contribution in [0.2, 0.25) is 0 Å². The Bertz CT molecular complexity index is 960. The summed E-state index contributed by atoms with van der Waals surface area (Å²) in [6.45, 7) is -0.183. The zero-order valence-electron chi connectivity index (χ0n) is 13.1. The zero-order valence-corrected chi connectivity index (χ0v) is 16.1. The smallest absolute Gasteiger partial charge is 0.293 e. The molecule has 0 radical (unpaired) electrons. The van der Waals surface area contributed by atoms with Gasteiger partial charge in [0, 0.05) is 20.8 Å². The minimum atomic E-state index is -0.547. The number of aromatic hydroxyl groups is 1. The summed E-state index contributed by atoms with van der Waals surface area (Å²) in [7, 11) is 0. The average Bonchev–Trinajstić information content (AvgIpc) is 2.86. The van der Waals surface area contributed by atoms with Crippen LogP contribution in [-0.4, -0.2) is 26.1 Å². The third-order valence-electron chi connectivity index (χ3n) is 3.67. The largest absolute Gasteiger partial charge is 0.507 e. The van der Waals surface area contributed by atoms with E-state index in [-0.39, 0.29) is 28.5 Å². The van der Waals surface area contributed by atoms with Crippen LogP contribution >= 0.6 is 34.4 Å². The number of rotatable bonds is 4. The molecule has 3 rings (SSSR count). The molecule has 1 aliphatic rings. The molecule has 0 spiro atoms. The van der Waals surface area contributed by atoms with Crippen molar-refractivity contribution in [2.75, 3.05) is 0 Å². The average molecular weight is 482 g/mol. The molecule has 1 fully saturated rings. The summed E-state index contributed by atoms with van der Waals surface area (Å²) in [6, 6.07) is 10.9. The van der Waals surface area contributed by atoms with Gasteiger partial charge >= 0.3 is 0 Å². The number of para-hydroxylation sites is 1. The van der Waals surface area contributed by atoms with E-state index in [1.807, 2.05) is 0 Å². The fourth-order valence-corrected chi connectivity index (χ4v) is 3.76. The summed E-state index contributed by atoms with van der Waals surface area (Å²) in [5, 5.41) is 20.5. The lowest BCUT2D eigenvalue weighted by Gasteiger charge is -2.12. The quantitative estimate of drug-likeness (QED) is 0.304. The highest BCUT2D eigenvalue weighted by atomic mass is 127. The number of nitro groups is 1. The van der Waals surface area contributed by atoms with Gasteiger partial charge in [-0.3, -0.25) is 24.6 Å². The molecule has 1 aliphatic heterocycles. The van der Waals surface area contributed by atoms with E-state index in [1.54, 1.807) is 18.2 Å². The molecular formula is C17H11IN2O5S. The Kier molecular flexibility index (Phi) is 5.28. The van der Waals surface area contributed by atoms with E-state index < -0.39 is 16.1 Å². The van der Waals surface area contributed by atoms with Crippen LogP contribution < -0.4 is 0 Å². The molecule has 1 N–H and O–H groups in total. The van der Waals surface area contributed by atoms with Gasteiger partial charge in [-0.15, -0.1) is 0 Å². The number of carbonyl (C=O) groups is 2. The lowest BCUT2D eigenvalue weighted by molar-refractivity contribution is -0.385. The number of benzene rings is 2. The Labute approximate surface area is 166 Å². The SMILES string of the molecule is O=C1S/C(=C\c2cc(I)ccc2O)C(=O)N1Cc1ccccc1[N+](=O)[O-]. The van der Waals surface area contributed by atoms with Gasteiger partial charge in [-0.05, 0) is 58.6 Å². The minimum absolute atomic E-state index is 0.00379. The van der Waals surface area contributed by atoms with E-state index >= 15 is 0 Å². The highest BCUT2D eigenvalue weighted by molar-refractivity contribution is 14.1. The number of thioether (sulfide) groups is 1. The van der Waals surface area contributed by atoms with E-state index in [9.17, 15) is 24.8 Å². The Balaban J connectivity index is 1.89. The number of hydrogen-bond acceptors (Lipinski definition) is 6. The van der Waals surface area contributed by atoms with E-state index in [0.717, 1.165) is 20.2 Å². The van der Waals surface area contributed by atoms with Gasteiger partial charge in [0.15, 0.2) is 0 Å². The number of imide groups is 1. The summed E-state index contributed by atoms with van der Waals surface area (Å²) >= 11 is 2.81. The molecule has 2 aromatic carbocycles. The molecule has 132 valence electrons. The summed E-state index contributed by atoms with van der Waals surface area (Å²) < 4.78 is 0.866. The zero-order chi connectivity index (χ0) is 18.8. The topological polar surface area (TPSA) is 101 Å². The lowest BCUT2D eigenvalue weighted by atomic mass is 10.1. The third kappa shape index (κ3) is 3.73. The number of phenolic OH excluding ortho intramolecular Hbond substituents is 1. The number of halogens is 1. The molecule has 0 aliphatic carbocycles. The first-order valence-corrected chi connectivity index (χ1v) is 9.22. The van der Waals surface area contributed by atoms with Crippen LogP contribution in [0.4, 0.5) is 10.5 Å². The van der Waals surface area contributed by atoms with Crippen LogP contribution in [0.5, 0.6) is 5.75 Å². The van der Waals surface area contributed by atoms with Crippen molar-refractivity contribution in [3.63, 3.8) is 0 Å². The maximum absolute atomic E-state index is 12.6. The van der Waals surface area contributed by atoms with Crippen LogP contribution in [0, 0.1) is 13.7 Å². The van der Waals surface area contributed by atoms with Crippen molar-refractivity contribution in [2.45, 2.75) is 6.54 Å². The predicted molar refractivity (Wildman–Crippen MR) is 105 cm³/mol. The molecule has 9 heteroatoms. The molecule has 7 nitrogen and oxygen atoms in total. The summed E-state index contributed by atoms with van der Waals surface area (Å²) in [5.41, 5.74) is 0.553. The summed E-state index contributed by atoms with van der Waals surface area (Å²) in [6.07, 6.45) is 1.45. The second kappa shape index (κ2) is 7.46. The first-order chi connectivity index (χ1) is 12.4. The van der Waals surface area contributed by atoms with Crippen molar-refractivity contribution in [3.05, 3.63) is 72.2 Å². The van der Waals surface area contributed by atoms with E-state index in [1.165, 1.54) is 30.3 Å². The first kappa shape index (κ1) is 18.4. The molecule has 0 saturated carbocycles. The van der Waals surface area contributed by atoms with Gasteiger partial charge in [-0.2, -0.15) is 0 Å². The summed E-state index contributed by atoms with van der Waals surface area (Å²) in [5.74, 6) is -0.549. The van der Waals surface area contributed by atoms with Crippen molar-refractivity contribution in [2.24, 2.45) is 0 Å².